The van der Waals surface area contributed by atoms with Crippen LogP contribution in [0.5, 0.6) is 0 Å². The molecule has 5 heteroatoms. The largest absolute Gasteiger partial charge is 0.378 e. The molecule has 1 aliphatic heterocycles. The fourth-order valence-corrected chi connectivity index (χ4v) is 2.80. The predicted octanol–water partition coefficient (Wildman–Crippen LogP) is 2.54. The van der Waals surface area contributed by atoms with Crippen molar-refractivity contribution >= 4 is 11.3 Å². The summed E-state index contributed by atoms with van der Waals surface area (Å²) < 4.78 is 5.73. The first-order valence-corrected chi connectivity index (χ1v) is 7.52. The molecule has 18 heavy (non-hydrogen) atoms. The third-order valence-corrected chi connectivity index (χ3v) is 3.90. The van der Waals surface area contributed by atoms with Crippen molar-refractivity contribution in [1.29, 1.82) is 0 Å². The highest BCUT2D eigenvalue weighted by Crippen LogP contribution is 2.19. The van der Waals surface area contributed by atoms with Gasteiger partial charge >= 0.3 is 0 Å². The van der Waals surface area contributed by atoms with Gasteiger partial charge < -0.3 is 10.1 Å². The Kier molecular flexibility index (Phi) is 4.70. The molecular formula is C13H23N3OS. The average Bonchev–Trinajstić information content (AvgIpc) is 2.75. The lowest BCUT2D eigenvalue weighted by Crippen LogP contribution is -2.35. The first-order valence-electron chi connectivity index (χ1n) is 6.71. The zero-order valence-electron chi connectivity index (χ0n) is 11.5. The fraction of sp³-hybridized carbons (Fsp3) is 0.846. The summed E-state index contributed by atoms with van der Waals surface area (Å²) in [5, 5.41) is 14.1. The van der Waals surface area contributed by atoms with Crippen molar-refractivity contribution in [3.05, 3.63) is 10.0 Å². The van der Waals surface area contributed by atoms with Gasteiger partial charge in [0.25, 0.3) is 0 Å². The molecule has 2 rings (SSSR count). The number of hydrogen-bond acceptors (Lipinski definition) is 5. The summed E-state index contributed by atoms with van der Waals surface area (Å²) in [6.45, 7) is 8.18. The average molecular weight is 269 g/mol. The first-order chi connectivity index (χ1) is 8.53. The van der Waals surface area contributed by atoms with Gasteiger partial charge in [0.05, 0.1) is 12.6 Å². The molecule has 1 unspecified atom stereocenters. The van der Waals surface area contributed by atoms with Crippen LogP contribution in [0.3, 0.4) is 0 Å². The van der Waals surface area contributed by atoms with Gasteiger partial charge in [-0.05, 0) is 40.0 Å². The lowest BCUT2D eigenvalue weighted by molar-refractivity contribution is 0.0167. The van der Waals surface area contributed by atoms with Crippen LogP contribution in [0.25, 0.3) is 0 Å². The first kappa shape index (κ1) is 13.9. The summed E-state index contributed by atoms with van der Waals surface area (Å²) >= 11 is 1.70. The maximum Gasteiger partial charge on any atom is 0.131 e. The van der Waals surface area contributed by atoms with Gasteiger partial charge in [0.1, 0.15) is 10.0 Å². The van der Waals surface area contributed by atoms with Gasteiger partial charge in [-0.15, -0.1) is 21.5 Å². The van der Waals surface area contributed by atoms with Crippen LogP contribution in [0, 0.1) is 0 Å². The van der Waals surface area contributed by atoms with Crippen LogP contribution in [0.4, 0.5) is 0 Å². The number of nitrogens with zero attached hydrogens (tertiary/aromatic N) is 2. The van der Waals surface area contributed by atoms with Gasteiger partial charge in [0.2, 0.25) is 0 Å². The molecule has 1 aromatic rings. The van der Waals surface area contributed by atoms with Gasteiger partial charge in [-0.3, -0.25) is 0 Å². The summed E-state index contributed by atoms with van der Waals surface area (Å²) in [5.41, 5.74) is 0.123. The van der Waals surface area contributed by atoms with Gasteiger partial charge in [-0.2, -0.15) is 0 Å². The van der Waals surface area contributed by atoms with Crippen LogP contribution in [0.2, 0.25) is 0 Å². The minimum atomic E-state index is 0.123. The molecule has 2 heterocycles. The Morgan fingerprint density at radius 2 is 2.06 bits per heavy atom. The van der Waals surface area contributed by atoms with Crippen LogP contribution >= 0.6 is 11.3 Å². The highest BCUT2D eigenvalue weighted by atomic mass is 32.1. The molecule has 0 aliphatic carbocycles. The normalized spacial score (nSPS) is 21.2. The van der Waals surface area contributed by atoms with Crippen LogP contribution in [0.15, 0.2) is 0 Å². The quantitative estimate of drug-likeness (QED) is 0.912. The van der Waals surface area contributed by atoms with Crippen molar-refractivity contribution in [2.75, 3.05) is 6.61 Å². The second-order valence-electron chi connectivity index (χ2n) is 5.89. The van der Waals surface area contributed by atoms with Crippen molar-refractivity contribution in [2.45, 2.75) is 64.6 Å². The van der Waals surface area contributed by atoms with E-state index < -0.39 is 0 Å². The number of aromatic nitrogens is 2. The Morgan fingerprint density at radius 1 is 1.28 bits per heavy atom. The molecule has 1 aromatic heterocycles. The molecule has 0 bridgehead atoms. The summed E-state index contributed by atoms with van der Waals surface area (Å²) in [6.07, 6.45) is 4.92. The summed E-state index contributed by atoms with van der Waals surface area (Å²) in [5.74, 6) is 0. The Balaban J connectivity index is 1.82. The summed E-state index contributed by atoms with van der Waals surface area (Å²) in [4.78, 5) is 0. The highest BCUT2D eigenvalue weighted by molar-refractivity contribution is 7.11. The lowest BCUT2D eigenvalue weighted by Gasteiger charge is -2.21. The zero-order valence-corrected chi connectivity index (χ0v) is 12.3. The Morgan fingerprint density at radius 3 is 2.72 bits per heavy atom. The molecule has 1 saturated heterocycles. The smallest absolute Gasteiger partial charge is 0.131 e. The molecule has 1 N–H and O–H groups in total. The maximum absolute atomic E-state index is 5.73. The number of hydrogen-bond donors (Lipinski definition) is 1. The van der Waals surface area contributed by atoms with Crippen molar-refractivity contribution in [3.63, 3.8) is 0 Å². The summed E-state index contributed by atoms with van der Waals surface area (Å²) in [6, 6.07) is 0. The summed E-state index contributed by atoms with van der Waals surface area (Å²) in [7, 11) is 0. The van der Waals surface area contributed by atoms with Crippen molar-refractivity contribution < 1.29 is 4.74 Å². The van der Waals surface area contributed by atoms with E-state index in [0.29, 0.717) is 6.10 Å². The van der Waals surface area contributed by atoms with E-state index in [9.17, 15) is 0 Å². The van der Waals surface area contributed by atoms with Crippen molar-refractivity contribution in [3.8, 4) is 0 Å². The molecule has 0 saturated carbocycles. The molecule has 0 spiro atoms. The second kappa shape index (κ2) is 6.08. The Labute approximate surface area is 113 Å². The molecule has 102 valence electrons. The van der Waals surface area contributed by atoms with E-state index in [2.05, 4.69) is 36.3 Å². The minimum absolute atomic E-state index is 0.123. The second-order valence-corrected chi connectivity index (χ2v) is 7.03. The van der Waals surface area contributed by atoms with Gasteiger partial charge in [-0.1, -0.05) is 0 Å². The highest BCUT2D eigenvalue weighted by Gasteiger charge is 2.17. The van der Waals surface area contributed by atoms with Crippen LogP contribution < -0.4 is 5.32 Å². The van der Waals surface area contributed by atoms with Crippen molar-refractivity contribution in [2.24, 2.45) is 0 Å². The molecule has 0 radical (unpaired) electrons. The van der Waals surface area contributed by atoms with Gasteiger partial charge in [0.15, 0.2) is 0 Å². The molecule has 4 nitrogen and oxygen atoms in total. The fourth-order valence-electron chi connectivity index (χ4n) is 1.95. The van der Waals surface area contributed by atoms with Crippen molar-refractivity contribution in [1.82, 2.24) is 15.5 Å². The standard InChI is InChI=1S/C13H23N3OS/c1-13(2,3)14-9-12-16-15-11(18-12)8-10-6-4-5-7-17-10/h10,14H,4-9H2,1-3H3. The lowest BCUT2D eigenvalue weighted by atomic mass is 10.1. The molecule has 0 aromatic carbocycles. The van der Waals surface area contributed by atoms with Gasteiger partial charge in [0, 0.05) is 18.6 Å². The van der Waals surface area contributed by atoms with E-state index in [1.807, 2.05) is 0 Å². The zero-order chi connectivity index (χ0) is 13.0. The minimum Gasteiger partial charge on any atom is -0.378 e. The third-order valence-electron chi connectivity index (χ3n) is 2.95. The molecule has 1 atom stereocenters. The van der Waals surface area contributed by atoms with E-state index in [1.54, 1.807) is 11.3 Å². The van der Waals surface area contributed by atoms with E-state index in [-0.39, 0.29) is 5.54 Å². The SMILES string of the molecule is CC(C)(C)NCc1nnc(CC2CCCCO2)s1. The van der Waals surface area contributed by atoms with Crippen LogP contribution in [-0.4, -0.2) is 28.4 Å². The molecule has 1 aliphatic rings. The third kappa shape index (κ3) is 4.63. The van der Waals surface area contributed by atoms with E-state index in [1.165, 1.54) is 12.8 Å². The number of ether oxygens (including phenoxy) is 1. The number of nitrogens with one attached hydrogen (secondary N) is 1. The Bertz CT molecular complexity index is 367. The van der Waals surface area contributed by atoms with E-state index in [4.69, 9.17) is 4.74 Å². The number of rotatable bonds is 4. The van der Waals surface area contributed by atoms with E-state index in [0.717, 1.165) is 36.0 Å². The molecule has 1 fully saturated rings. The van der Waals surface area contributed by atoms with Crippen LogP contribution in [-0.2, 0) is 17.7 Å². The molecule has 0 amide bonds. The van der Waals surface area contributed by atoms with E-state index >= 15 is 0 Å². The monoisotopic (exact) mass is 269 g/mol. The maximum atomic E-state index is 5.73. The predicted molar refractivity (Wildman–Crippen MR) is 73.8 cm³/mol. The van der Waals surface area contributed by atoms with Gasteiger partial charge in [-0.25, -0.2) is 0 Å². The molecular weight excluding hydrogens is 246 g/mol. The Hall–Kier alpha value is -0.520. The van der Waals surface area contributed by atoms with Crippen LogP contribution in [0.1, 0.15) is 50.0 Å². The topological polar surface area (TPSA) is 47.0 Å².